The van der Waals surface area contributed by atoms with E-state index in [0.29, 0.717) is 18.2 Å². The van der Waals surface area contributed by atoms with Crippen LogP contribution in [0.5, 0.6) is 0 Å². The van der Waals surface area contributed by atoms with Crippen LogP contribution in [0.4, 0.5) is 0 Å². The van der Waals surface area contributed by atoms with E-state index in [1.165, 1.54) is 31.2 Å². The van der Waals surface area contributed by atoms with Crippen molar-refractivity contribution in [1.82, 2.24) is 0 Å². The van der Waals surface area contributed by atoms with Crippen molar-refractivity contribution in [3.05, 3.63) is 48.0 Å². The Balaban J connectivity index is 1.83. The molecule has 0 aromatic heterocycles. The van der Waals surface area contributed by atoms with E-state index in [9.17, 15) is 4.79 Å². The highest BCUT2D eigenvalue weighted by molar-refractivity contribution is 6.17. The number of carbonyl (C=O) groups is 1. The molecule has 3 heteroatoms. The lowest BCUT2D eigenvalue weighted by Gasteiger charge is -2.15. The van der Waals surface area contributed by atoms with Crippen molar-refractivity contribution in [2.75, 3.05) is 5.88 Å². The lowest BCUT2D eigenvalue weighted by atomic mass is 10.0. The SMILES string of the molecule is O=C(CCCCCCl)OC(/C=C/C1CCCC1)CCc1ccccc1. The zero-order valence-electron chi connectivity index (χ0n) is 15.2. The third-order valence-electron chi connectivity index (χ3n) is 4.86. The lowest BCUT2D eigenvalue weighted by molar-refractivity contribution is -0.147. The maximum Gasteiger partial charge on any atom is 0.306 e. The number of esters is 1. The summed E-state index contributed by atoms with van der Waals surface area (Å²) in [4.78, 5) is 12.1. The molecule has 138 valence electrons. The summed E-state index contributed by atoms with van der Waals surface area (Å²) in [5.74, 6) is 1.25. The number of carbonyl (C=O) groups excluding carboxylic acids is 1. The zero-order chi connectivity index (χ0) is 17.7. The molecule has 0 radical (unpaired) electrons. The first-order chi connectivity index (χ1) is 12.3. The molecule has 1 saturated carbocycles. The summed E-state index contributed by atoms with van der Waals surface area (Å²) >= 11 is 5.68. The maximum atomic E-state index is 12.1. The van der Waals surface area contributed by atoms with Gasteiger partial charge in [0, 0.05) is 12.3 Å². The molecule has 0 heterocycles. The standard InChI is InChI=1S/C22H31ClO2/c23-18-8-2-5-13-22(24)25-21(17-15-20-11-6-7-12-20)16-14-19-9-3-1-4-10-19/h1,3-4,9-10,15,17,20-21H,2,5-8,11-14,16,18H2/b17-15+. The molecule has 1 aromatic carbocycles. The van der Waals surface area contributed by atoms with Gasteiger partial charge >= 0.3 is 5.97 Å². The Kier molecular flexibility index (Phi) is 9.73. The third kappa shape index (κ3) is 8.58. The number of rotatable bonds is 11. The first-order valence-corrected chi connectivity index (χ1v) is 10.3. The average Bonchev–Trinajstić information content (AvgIpc) is 3.15. The van der Waals surface area contributed by atoms with E-state index < -0.39 is 0 Å². The maximum absolute atomic E-state index is 12.1. The van der Waals surface area contributed by atoms with Crippen LogP contribution in [0.1, 0.15) is 63.4 Å². The lowest BCUT2D eigenvalue weighted by Crippen LogP contribution is -2.17. The van der Waals surface area contributed by atoms with Crippen molar-refractivity contribution in [1.29, 1.82) is 0 Å². The molecule has 1 aliphatic carbocycles. The predicted octanol–water partition coefficient (Wildman–Crippen LogP) is 6.08. The monoisotopic (exact) mass is 362 g/mol. The summed E-state index contributed by atoms with van der Waals surface area (Å²) in [5.41, 5.74) is 1.29. The molecule has 0 saturated heterocycles. The Morgan fingerprint density at radius 3 is 2.64 bits per heavy atom. The molecule has 0 bridgehead atoms. The number of benzene rings is 1. The van der Waals surface area contributed by atoms with Crippen molar-refractivity contribution in [3.8, 4) is 0 Å². The Morgan fingerprint density at radius 2 is 1.92 bits per heavy atom. The minimum atomic E-state index is -0.110. The molecule has 2 rings (SSSR count). The van der Waals surface area contributed by atoms with Gasteiger partial charge in [-0.1, -0.05) is 55.7 Å². The van der Waals surface area contributed by atoms with E-state index >= 15 is 0 Å². The van der Waals surface area contributed by atoms with Crippen LogP contribution < -0.4 is 0 Å². The van der Waals surface area contributed by atoms with Gasteiger partial charge in [0.25, 0.3) is 0 Å². The van der Waals surface area contributed by atoms with Gasteiger partial charge in [0.2, 0.25) is 0 Å². The molecule has 2 nitrogen and oxygen atoms in total. The Bertz CT molecular complexity index is 506. The molecule has 1 aromatic rings. The Morgan fingerprint density at radius 1 is 1.16 bits per heavy atom. The normalized spacial score (nSPS) is 16.4. The highest BCUT2D eigenvalue weighted by Gasteiger charge is 2.15. The van der Waals surface area contributed by atoms with E-state index in [1.807, 2.05) is 6.07 Å². The second kappa shape index (κ2) is 12.1. The summed E-state index contributed by atoms with van der Waals surface area (Å²) < 4.78 is 5.75. The van der Waals surface area contributed by atoms with E-state index in [0.717, 1.165) is 32.1 Å². The van der Waals surface area contributed by atoms with Gasteiger partial charge in [-0.25, -0.2) is 0 Å². The van der Waals surface area contributed by atoms with Crippen molar-refractivity contribution >= 4 is 17.6 Å². The molecular formula is C22H31ClO2. The predicted molar refractivity (Wildman–Crippen MR) is 105 cm³/mol. The number of alkyl halides is 1. The fraction of sp³-hybridized carbons (Fsp3) is 0.591. The van der Waals surface area contributed by atoms with Gasteiger partial charge in [-0.3, -0.25) is 4.79 Å². The van der Waals surface area contributed by atoms with Crippen LogP contribution >= 0.6 is 11.6 Å². The minimum absolute atomic E-state index is 0.0799. The van der Waals surface area contributed by atoms with Gasteiger partial charge in [-0.15, -0.1) is 11.6 Å². The zero-order valence-corrected chi connectivity index (χ0v) is 15.9. The number of hydrogen-bond acceptors (Lipinski definition) is 2. The number of unbranched alkanes of at least 4 members (excludes halogenated alkanes) is 2. The number of halogens is 1. The van der Waals surface area contributed by atoms with Gasteiger partial charge in [-0.05, 0) is 56.1 Å². The number of allylic oxidation sites excluding steroid dienone is 1. The van der Waals surface area contributed by atoms with Crippen molar-refractivity contribution in [2.24, 2.45) is 5.92 Å². The molecule has 1 aliphatic rings. The van der Waals surface area contributed by atoms with Crippen LogP contribution in [0.2, 0.25) is 0 Å². The van der Waals surface area contributed by atoms with Crippen LogP contribution in [0, 0.1) is 5.92 Å². The van der Waals surface area contributed by atoms with Gasteiger partial charge in [0.15, 0.2) is 0 Å². The van der Waals surface area contributed by atoms with Crippen LogP contribution in [0.15, 0.2) is 42.5 Å². The molecule has 0 spiro atoms. The molecule has 1 fully saturated rings. The van der Waals surface area contributed by atoms with E-state index in [4.69, 9.17) is 16.3 Å². The van der Waals surface area contributed by atoms with Gasteiger partial charge in [0.05, 0.1) is 0 Å². The average molecular weight is 363 g/mol. The molecule has 0 aliphatic heterocycles. The quantitative estimate of drug-likeness (QED) is 0.206. The van der Waals surface area contributed by atoms with E-state index in [1.54, 1.807) is 0 Å². The van der Waals surface area contributed by atoms with E-state index in [-0.39, 0.29) is 12.1 Å². The third-order valence-corrected chi connectivity index (χ3v) is 5.12. The van der Waals surface area contributed by atoms with Gasteiger partial charge in [-0.2, -0.15) is 0 Å². The van der Waals surface area contributed by atoms with E-state index in [2.05, 4.69) is 36.4 Å². The van der Waals surface area contributed by atoms with Crippen LogP contribution in [0.25, 0.3) is 0 Å². The highest BCUT2D eigenvalue weighted by atomic mass is 35.5. The highest BCUT2D eigenvalue weighted by Crippen LogP contribution is 2.26. The summed E-state index contributed by atoms with van der Waals surface area (Å²) in [5, 5.41) is 0. The molecule has 0 N–H and O–H groups in total. The summed E-state index contributed by atoms with van der Waals surface area (Å²) in [6, 6.07) is 10.4. The number of ether oxygens (including phenoxy) is 1. The largest absolute Gasteiger partial charge is 0.458 e. The van der Waals surface area contributed by atoms with Crippen LogP contribution in [-0.4, -0.2) is 18.0 Å². The van der Waals surface area contributed by atoms with Crippen molar-refractivity contribution in [2.45, 2.75) is 70.3 Å². The Labute approximate surface area is 157 Å². The fourth-order valence-electron chi connectivity index (χ4n) is 3.35. The fourth-order valence-corrected chi connectivity index (χ4v) is 3.54. The van der Waals surface area contributed by atoms with Crippen molar-refractivity contribution in [3.63, 3.8) is 0 Å². The Hall–Kier alpha value is -1.28. The molecule has 0 amide bonds. The van der Waals surface area contributed by atoms with Crippen molar-refractivity contribution < 1.29 is 9.53 Å². The minimum Gasteiger partial charge on any atom is -0.458 e. The van der Waals surface area contributed by atoms with Gasteiger partial charge < -0.3 is 4.74 Å². The second-order valence-electron chi connectivity index (χ2n) is 6.98. The van der Waals surface area contributed by atoms with Gasteiger partial charge in [0.1, 0.15) is 6.10 Å². The molecule has 1 atom stereocenters. The topological polar surface area (TPSA) is 26.3 Å². The summed E-state index contributed by atoms with van der Waals surface area (Å²) in [6.45, 7) is 0. The van der Waals surface area contributed by atoms with Crippen LogP contribution in [0.3, 0.4) is 0 Å². The first-order valence-electron chi connectivity index (χ1n) is 9.75. The van der Waals surface area contributed by atoms with Crippen LogP contribution in [-0.2, 0) is 16.0 Å². The molecule has 1 unspecified atom stereocenters. The molecular weight excluding hydrogens is 332 g/mol. The first kappa shape index (κ1) is 20.0. The second-order valence-corrected chi connectivity index (χ2v) is 7.36. The smallest absolute Gasteiger partial charge is 0.306 e. The summed E-state index contributed by atoms with van der Waals surface area (Å²) in [7, 11) is 0. The number of hydrogen-bond donors (Lipinski definition) is 0. The number of aryl methyl sites for hydroxylation is 1. The molecule has 25 heavy (non-hydrogen) atoms. The summed E-state index contributed by atoms with van der Waals surface area (Å²) in [6.07, 6.45) is 14.6.